The number of carbonyl (C=O) groups excluding carboxylic acids is 17. The molecule has 1 atom stereocenters. The number of carbonyl (C=O) groups is 17. The zero-order chi connectivity index (χ0) is 107. The van der Waals surface area contributed by atoms with Crippen LogP contribution in [-0.2, 0) is 162 Å². The van der Waals surface area contributed by atoms with Gasteiger partial charge in [0.25, 0.3) is 0 Å². The largest absolute Gasteiger partial charge is 0.468 e. The highest BCUT2D eigenvalue weighted by Crippen LogP contribution is 2.36. The number of unbranched alkanes of at least 4 members (excludes halogenated alkanes) is 4. The third kappa shape index (κ3) is 37.7. The summed E-state index contributed by atoms with van der Waals surface area (Å²) in [6.45, 7) is -14.7. The van der Waals surface area contributed by atoms with Crippen molar-refractivity contribution in [2.24, 2.45) is 81.2 Å². The number of aliphatic hydroxyl groups is 16. The van der Waals surface area contributed by atoms with E-state index in [4.69, 9.17) is 80.5 Å². The van der Waals surface area contributed by atoms with Crippen LogP contribution in [0.3, 0.4) is 0 Å². The van der Waals surface area contributed by atoms with Crippen molar-refractivity contribution in [3.8, 4) is 0 Å². The van der Waals surface area contributed by atoms with Gasteiger partial charge in [0, 0.05) is 12.8 Å². The van der Waals surface area contributed by atoms with Gasteiger partial charge in [-0.15, -0.1) is 0 Å². The Kier molecular flexibility index (Phi) is 54.2. The van der Waals surface area contributed by atoms with Crippen molar-refractivity contribution in [3.63, 3.8) is 0 Å². The number of hydrogen-bond donors (Lipinski definition) is 16. The number of aliphatic hydroxyl groups excluding tert-OH is 16. The van der Waals surface area contributed by atoms with E-state index in [-0.39, 0.29) is 51.4 Å². The number of esters is 16. The fourth-order valence-electron chi connectivity index (χ4n) is 10.2. The van der Waals surface area contributed by atoms with Crippen LogP contribution in [0.2, 0.25) is 0 Å². The molecule has 0 spiro atoms. The smallest absolute Gasteiger partial charge is 0.318 e. The van der Waals surface area contributed by atoms with Gasteiger partial charge in [0.05, 0.1) is 133 Å². The van der Waals surface area contributed by atoms with E-state index in [0.29, 0.717) is 0 Å². The Balaban J connectivity index is 6.94. The molecular weight excluding hydrogens is 1870 g/mol. The Morgan fingerprint density at radius 2 is 0.324 bits per heavy atom. The first kappa shape index (κ1) is 130. The summed E-state index contributed by atoms with van der Waals surface area (Å²) >= 11 is 0. The lowest BCUT2D eigenvalue weighted by Crippen LogP contribution is -2.48. The van der Waals surface area contributed by atoms with Crippen LogP contribution in [0.25, 0.3) is 0 Å². The zero-order valence-electron chi connectivity index (χ0n) is 82.0. The Bertz CT molecular complexity index is 3660. The molecule has 0 bridgehead atoms. The Hall–Kier alpha value is -9.49. The van der Waals surface area contributed by atoms with Gasteiger partial charge in [0.1, 0.15) is 174 Å². The van der Waals surface area contributed by atoms with E-state index < -0.39 is 401 Å². The second-order valence-electron chi connectivity index (χ2n) is 38.9. The molecule has 0 saturated heterocycles. The molecule has 0 aromatic heterocycles. The van der Waals surface area contributed by atoms with Crippen LogP contribution in [0.15, 0.2) is 0 Å². The molecule has 0 aliphatic rings. The minimum absolute atomic E-state index is 0.000735. The van der Waals surface area contributed by atoms with Crippen molar-refractivity contribution in [1.29, 1.82) is 0 Å². The summed E-state index contributed by atoms with van der Waals surface area (Å²) < 4.78 is 91.9. The summed E-state index contributed by atoms with van der Waals surface area (Å²) in [5.41, 5.74) is -31.2. The fourth-order valence-corrected chi connectivity index (χ4v) is 10.2. The first-order chi connectivity index (χ1) is 64.5. The van der Waals surface area contributed by atoms with Crippen molar-refractivity contribution in [1.82, 2.24) is 0 Å². The van der Waals surface area contributed by atoms with E-state index in [1.165, 1.54) is 6.92 Å². The van der Waals surface area contributed by atoms with Gasteiger partial charge in [-0.3, -0.25) is 81.5 Å². The van der Waals surface area contributed by atoms with Gasteiger partial charge in [0.15, 0.2) is 5.78 Å². The lowest BCUT2D eigenvalue weighted by atomic mass is 9.89. The molecule has 0 aromatic rings. The molecule has 0 aliphatic carbocycles. The van der Waals surface area contributed by atoms with E-state index >= 15 is 0 Å². The molecule has 0 fully saturated rings. The topological polar surface area (TPSA) is 771 Å². The van der Waals surface area contributed by atoms with Crippen molar-refractivity contribution >= 4 is 101 Å². The molecule has 0 aromatic carbocycles. The van der Waals surface area contributed by atoms with Gasteiger partial charge >= 0.3 is 95.5 Å². The summed E-state index contributed by atoms with van der Waals surface area (Å²) in [7, 11) is 1.02. The van der Waals surface area contributed by atoms with Gasteiger partial charge in [0.2, 0.25) is 0 Å². The molecule has 50 nitrogen and oxygen atoms in total. The minimum atomic E-state index is -2.33. The van der Waals surface area contributed by atoms with Gasteiger partial charge in [-0.1, -0.05) is 0 Å². The molecule has 0 aliphatic heterocycles. The first-order valence-electron chi connectivity index (χ1n) is 44.0. The zero-order valence-corrected chi connectivity index (χ0v) is 82.0. The van der Waals surface area contributed by atoms with Gasteiger partial charge in [-0.2, -0.15) is 0 Å². The molecule has 0 heterocycles. The SMILES string of the molecule is COC(=O)C(C)(COCC(=O)CCCCCOC(=O)C(C)(COC(=O)C(C)(COC(=O)C(C)(CO)CO)COC(=O)C(C)(CO)CO)COC(=O)C(C)(COC(=O)C(C)(CO)CO)COC(=O)C(C)(CO)CO)COC(=O)CCCCCOC(=O)C(C)(COC(=O)C(C)(COC(=O)C(C)(CO)CO)COC(=O)C(C)(CO)CO)COC(=O)C(C)(COC(=O)C(C)(CO)CO)COC(=O)C(C)(CO)CO. The predicted octanol–water partition coefficient (Wildman–Crippen LogP) is -5.01. The van der Waals surface area contributed by atoms with Gasteiger partial charge < -0.3 is 162 Å². The Labute approximate surface area is 803 Å². The first-order valence-corrected chi connectivity index (χ1v) is 44.0. The van der Waals surface area contributed by atoms with Crippen LogP contribution in [0, 0.1) is 81.2 Å². The van der Waals surface area contributed by atoms with E-state index in [0.717, 1.165) is 104 Å². The lowest BCUT2D eigenvalue weighted by Gasteiger charge is -2.33. The maximum atomic E-state index is 14.4. The average Bonchev–Trinajstić information content (AvgIpc) is 0.814. The number of ether oxygens (including phenoxy) is 17. The van der Waals surface area contributed by atoms with E-state index in [9.17, 15) is 163 Å². The van der Waals surface area contributed by atoms with Crippen LogP contribution in [0.1, 0.15) is 155 Å². The second-order valence-corrected chi connectivity index (χ2v) is 38.9. The lowest BCUT2D eigenvalue weighted by molar-refractivity contribution is -0.190. The minimum Gasteiger partial charge on any atom is -0.468 e. The summed E-state index contributed by atoms with van der Waals surface area (Å²) in [6.07, 6.45) is -0.160. The molecule has 1 unspecified atom stereocenters. The third-order valence-electron chi connectivity index (χ3n) is 23.2. The number of rotatable bonds is 73. The van der Waals surface area contributed by atoms with Crippen molar-refractivity contribution < 1.29 is 244 Å². The Morgan fingerprint density at radius 3 is 0.496 bits per heavy atom. The quantitative estimate of drug-likeness (QED) is 0.0154. The summed E-state index contributed by atoms with van der Waals surface area (Å²) in [5, 5.41) is 158. The highest BCUT2D eigenvalue weighted by Gasteiger charge is 2.53. The van der Waals surface area contributed by atoms with E-state index in [2.05, 4.69) is 0 Å². The average molecular weight is 2020 g/mol. The molecule has 802 valence electrons. The summed E-state index contributed by atoms with van der Waals surface area (Å²) in [5.74, 6) is -20.7. The summed E-state index contributed by atoms with van der Waals surface area (Å²) in [4.78, 5) is 231. The molecule has 0 rings (SSSR count). The third-order valence-corrected chi connectivity index (χ3v) is 23.2. The van der Waals surface area contributed by atoms with Gasteiger partial charge in [-0.25, -0.2) is 0 Å². The normalized spacial score (nSPS) is 13.2. The maximum Gasteiger partial charge on any atom is 0.318 e. The standard InChI is InChI=1S/C89H146O50/c1-75(28-90,29-91)61(109)128-50-86(12,51-129-62(110)76(2,30-92)31-93)71(119)136-46-84(10,47-137-72(120)87(13,52-130-63(111)77(3,32-94)33-95)53-131-64(112)78(4,34-96)35-97)69(117)125-25-21-17-19-23-58(106)27-124-44-83(9,60(108)123-16)45-127-59(107)24-20-18-22-26-126-70(118)85(11,48-138-73(121)88(14,54-132-65(113)79(5,36-98)37-99)55-133-66(114)80(6,38-100)39-101)49-139-74(122)89(15,56-134-67(115)81(7,40-102)41-103)57-135-68(116)82(8,42-104)43-105/h90-105H,17-57H2,1-16H3. The summed E-state index contributed by atoms with van der Waals surface area (Å²) in [6, 6.07) is 0. The van der Waals surface area contributed by atoms with Crippen molar-refractivity contribution in [2.45, 2.75) is 155 Å². The van der Waals surface area contributed by atoms with Crippen LogP contribution >= 0.6 is 0 Å². The number of Topliss-reactive ketones (excluding diaryl/α,β-unsaturated/α-hetero) is 1. The molecule has 50 heteroatoms. The van der Waals surface area contributed by atoms with Gasteiger partial charge in [-0.05, 0) is 142 Å². The highest BCUT2D eigenvalue weighted by atomic mass is 16.6. The number of ketones is 1. The monoisotopic (exact) mass is 2010 g/mol. The highest BCUT2D eigenvalue weighted by molar-refractivity contribution is 5.87. The van der Waals surface area contributed by atoms with Crippen LogP contribution < -0.4 is 0 Å². The van der Waals surface area contributed by atoms with Crippen LogP contribution in [0.5, 0.6) is 0 Å². The molecule has 0 amide bonds. The van der Waals surface area contributed by atoms with Crippen LogP contribution in [0.4, 0.5) is 0 Å². The number of methoxy groups -OCH3 is 1. The molecule has 0 saturated carbocycles. The Morgan fingerprint density at radius 1 is 0.173 bits per heavy atom. The predicted molar refractivity (Wildman–Crippen MR) is 464 cm³/mol. The van der Waals surface area contributed by atoms with Crippen LogP contribution in [-0.4, -0.2) is 408 Å². The second kappa shape index (κ2) is 58.2. The molecule has 139 heavy (non-hydrogen) atoms. The molecular formula is C89H146O50. The molecule has 16 N–H and O–H groups in total. The fraction of sp³-hybridized carbons (Fsp3) is 0.809. The van der Waals surface area contributed by atoms with Crippen molar-refractivity contribution in [3.05, 3.63) is 0 Å². The molecule has 0 radical (unpaired) electrons. The van der Waals surface area contributed by atoms with E-state index in [1.807, 2.05) is 0 Å². The maximum absolute atomic E-state index is 14.4. The van der Waals surface area contributed by atoms with Crippen molar-refractivity contribution in [2.75, 3.05) is 225 Å². The van der Waals surface area contributed by atoms with E-state index in [1.54, 1.807) is 0 Å². The number of hydrogen-bond acceptors (Lipinski definition) is 50.